The molecule has 2 heterocycles. The third-order valence-corrected chi connectivity index (χ3v) is 3.14. The van der Waals surface area contributed by atoms with Crippen molar-refractivity contribution in [3.63, 3.8) is 0 Å². The van der Waals surface area contributed by atoms with E-state index in [0.29, 0.717) is 12.4 Å². The molecular weight excluding hydrogens is 309 g/mol. The summed E-state index contributed by atoms with van der Waals surface area (Å²) in [6.07, 6.45) is -3.86. The molecule has 2 aromatic heterocycles. The maximum atomic E-state index is 12.6. The first kappa shape index (κ1) is 15.6. The summed E-state index contributed by atoms with van der Waals surface area (Å²) in [4.78, 5) is 15.7. The topological polar surface area (TPSA) is 52.7 Å². The molecule has 0 aliphatic rings. The second kappa shape index (κ2) is 5.51. The predicted molar refractivity (Wildman–Crippen MR) is 70.7 cm³/mol. The number of rotatable bonds is 3. The van der Waals surface area contributed by atoms with E-state index < -0.39 is 22.6 Å². The Kier molecular flexibility index (Phi) is 4.08. The lowest BCUT2D eigenvalue weighted by molar-refractivity contribution is -0.137. The van der Waals surface area contributed by atoms with Crippen LogP contribution in [0.15, 0.2) is 16.9 Å². The molecule has 2 rings (SSSR count). The molecule has 0 aliphatic carbocycles. The van der Waals surface area contributed by atoms with Gasteiger partial charge in [-0.05, 0) is 25.5 Å². The summed E-state index contributed by atoms with van der Waals surface area (Å²) in [5, 5.41) is 3.28. The van der Waals surface area contributed by atoms with E-state index in [2.05, 4.69) is 10.1 Å². The zero-order valence-corrected chi connectivity index (χ0v) is 12.0. The fourth-order valence-corrected chi connectivity index (χ4v) is 2.14. The van der Waals surface area contributed by atoms with Crippen LogP contribution >= 0.6 is 11.6 Å². The quantitative estimate of drug-likeness (QED) is 0.817. The Morgan fingerprint density at radius 1 is 1.33 bits per heavy atom. The third kappa shape index (κ3) is 2.94. The molecule has 21 heavy (non-hydrogen) atoms. The molecule has 0 amide bonds. The molecule has 0 fully saturated rings. The lowest BCUT2D eigenvalue weighted by Gasteiger charge is -2.08. The van der Waals surface area contributed by atoms with Crippen LogP contribution in [-0.4, -0.2) is 19.3 Å². The van der Waals surface area contributed by atoms with Crippen LogP contribution in [0.25, 0.3) is 5.82 Å². The first-order valence-electron chi connectivity index (χ1n) is 6.16. The Morgan fingerprint density at radius 2 is 2.00 bits per heavy atom. The van der Waals surface area contributed by atoms with Crippen LogP contribution in [0.1, 0.15) is 24.7 Å². The van der Waals surface area contributed by atoms with E-state index in [1.54, 1.807) is 6.92 Å². The van der Waals surface area contributed by atoms with Gasteiger partial charge in [0.05, 0.1) is 5.56 Å². The van der Waals surface area contributed by atoms with Gasteiger partial charge in [-0.1, -0.05) is 18.5 Å². The molecule has 0 radical (unpaired) electrons. The van der Waals surface area contributed by atoms with E-state index in [1.807, 2.05) is 6.92 Å². The largest absolute Gasteiger partial charge is 0.419 e. The van der Waals surface area contributed by atoms with Crippen LogP contribution in [0.4, 0.5) is 13.2 Å². The molecule has 0 spiro atoms. The minimum absolute atomic E-state index is 0.0454. The predicted octanol–water partition coefficient (Wildman–Crippen LogP) is 2.82. The van der Waals surface area contributed by atoms with E-state index in [-0.39, 0.29) is 5.82 Å². The number of nitrogens with zero attached hydrogens (tertiary/aromatic N) is 4. The van der Waals surface area contributed by atoms with Crippen molar-refractivity contribution in [2.24, 2.45) is 0 Å². The molecule has 114 valence electrons. The first-order valence-corrected chi connectivity index (χ1v) is 6.54. The van der Waals surface area contributed by atoms with Crippen molar-refractivity contribution in [2.45, 2.75) is 33.0 Å². The molecule has 9 heteroatoms. The second-order valence-corrected chi connectivity index (χ2v) is 4.76. The summed E-state index contributed by atoms with van der Waals surface area (Å²) in [6.45, 7) is 4.01. The number of alkyl halides is 3. The highest BCUT2D eigenvalue weighted by Gasteiger charge is 2.34. The molecule has 0 saturated heterocycles. The normalized spacial score (nSPS) is 11.9. The minimum Gasteiger partial charge on any atom is -0.279 e. The Bertz CT molecular complexity index is 720. The smallest absolute Gasteiger partial charge is 0.279 e. The van der Waals surface area contributed by atoms with E-state index in [0.717, 1.165) is 23.2 Å². The highest BCUT2D eigenvalue weighted by molar-refractivity contribution is 6.30. The van der Waals surface area contributed by atoms with Crippen molar-refractivity contribution in [2.75, 3.05) is 0 Å². The summed E-state index contributed by atoms with van der Waals surface area (Å²) in [5.41, 5.74) is -1.51. The van der Waals surface area contributed by atoms with Gasteiger partial charge in [0, 0.05) is 6.54 Å². The van der Waals surface area contributed by atoms with Crippen molar-refractivity contribution in [1.82, 2.24) is 19.3 Å². The van der Waals surface area contributed by atoms with Gasteiger partial charge in [-0.15, -0.1) is 5.10 Å². The maximum Gasteiger partial charge on any atom is 0.419 e. The van der Waals surface area contributed by atoms with Crippen LogP contribution in [0.5, 0.6) is 0 Å². The van der Waals surface area contributed by atoms with Crippen LogP contribution < -0.4 is 5.69 Å². The fraction of sp³-hybridized carbons (Fsp3) is 0.417. The van der Waals surface area contributed by atoms with Gasteiger partial charge < -0.3 is 0 Å². The average Bonchev–Trinajstić information content (AvgIpc) is 2.65. The molecule has 0 N–H and O–H groups in total. The summed E-state index contributed by atoms with van der Waals surface area (Å²) in [6, 6.07) is 1.85. The van der Waals surface area contributed by atoms with Gasteiger partial charge in [-0.2, -0.15) is 17.9 Å². The second-order valence-electron chi connectivity index (χ2n) is 4.40. The van der Waals surface area contributed by atoms with E-state index in [4.69, 9.17) is 11.6 Å². The van der Waals surface area contributed by atoms with E-state index >= 15 is 0 Å². The number of aryl methyl sites for hydroxylation is 1. The lowest BCUT2D eigenvalue weighted by Crippen LogP contribution is -2.25. The van der Waals surface area contributed by atoms with Crippen molar-refractivity contribution in [3.05, 3.63) is 39.2 Å². The molecule has 5 nitrogen and oxygen atoms in total. The molecule has 0 unspecified atom stereocenters. The minimum atomic E-state index is -4.59. The summed E-state index contributed by atoms with van der Waals surface area (Å²) < 4.78 is 40.2. The van der Waals surface area contributed by atoms with Gasteiger partial charge in [0.2, 0.25) is 0 Å². The zero-order valence-electron chi connectivity index (χ0n) is 11.3. The summed E-state index contributed by atoms with van der Waals surface area (Å²) in [7, 11) is 0. The highest BCUT2D eigenvalue weighted by Crippen LogP contribution is 2.33. The Hall–Kier alpha value is -1.83. The van der Waals surface area contributed by atoms with Crippen LogP contribution in [0, 0.1) is 6.92 Å². The highest BCUT2D eigenvalue weighted by atomic mass is 35.5. The van der Waals surface area contributed by atoms with Crippen molar-refractivity contribution >= 4 is 11.6 Å². The molecular formula is C12H12ClF3N4O. The van der Waals surface area contributed by atoms with Gasteiger partial charge >= 0.3 is 11.9 Å². The first-order chi connectivity index (χ1) is 9.75. The number of hydrogen-bond donors (Lipinski definition) is 0. The molecule has 2 aromatic rings. The zero-order chi connectivity index (χ0) is 15.8. The third-order valence-electron chi connectivity index (χ3n) is 2.85. The molecule has 0 atom stereocenters. The Balaban J connectivity index is 2.52. The molecule has 0 bridgehead atoms. The van der Waals surface area contributed by atoms with Gasteiger partial charge in [0.1, 0.15) is 11.0 Å². The van der Waals surface area contributed by atoms with Crippen molar-refractivity contribution in [1.29, 1.82) is 0 Å². The number of aromatic nitrogens is 4. The lowest BCUT2D eigenvalue weighted by atomic mass is 10.3. The van der Waals surface area contributed by atoms with E-state index in [1.165, 1.54) is 4.57 Å². The molecule has 0 aromatic carbocycles. The monoisotopic (exact) mass is 320 g/mol. The molecule has 0 saturated carbocycles. The Labute approximate surface area is 123 Å². The van der Waals surface area contributed by atoms with Crippen molar-refractivity contribution in [3.8, 4) is 5.82 Å². The van der Waals surface area contributed by atoms with Gasteiger partial charge in [-0.25, -0.2) is 9.78 Å². The summed E-state index contributed by atoms with van der Waals surface area (Å²) >= 11 is 5.54. The van der Waals surface area contributed by atoms with Crippen molar-refractivity contribution < 1.29 is 13.2 Å². The number of hydrogen-bond acceptors (Lipinski definition) is 3. The van der Waals surface area contributed by atoms with Crippen LogP contribution in [-0.2, 0) is 12.7 Å². The fourth-order valence-electron chi connectivity index (χ4n) is 1.88. The maximum absolute atomic E-state index is 12.6. The SMILES string of the molecule is CCCn1c(C)nn(-c2ccc(C(F)(F)F)c(Cl)n2)c1=O. The van der Waals surface area contributed by atoms with Gasteiger partial charge in [-0.3, -0.25) is 4.57 Å². The van der Waals surface area contributed by atoms with Gasteiger partial charge in [0.25, 0.3) is 0 Å². The van der Waals surface area contributed by atoms with E-state index in [9.17, 15) is 18.0 Å². The van der Waals surface area contributed by atoms with Crippen LogP contribution in [0.2, 0.25) is 5.15 Å². The summed E-state index contributed by atoms with van der Waals surface area (Å²) in [5.74, 6) is 0.413. The Morgan fingerprint density at radius 3 is 2.52 bits per heavy atom. The average molecular weight is 321 g/mol. The standard InChI is InChI=1S/C12H12ClF3N4O/c1-3-6-19-7(2)18-20(11(19)21)9-5-4-8(10(13)17-9)12(14,15)16/h4-5H,3,6H2,1-2H3. The molecule has 0 aliphatic heterocycles. The number of pyridine rings is 1. The number of halogens is 4. The van der Waals surface area contributed by atoms with Gasteiger partial charge in [0.15, 0.2) is 5.82 Å². The van der Waals surface area contributed by atoms with Crippen LogP contribution in [0.3, 0.4) is 0 Å².